The number of nitriles is 1. The molecule has 0 unspecified atom stereocenters. The van der Waals surface area contributed by atoms with Gasteiger partial charge in [0, 0.05) is 6.20 Å². The highest BCUT2D eigenvalue weighted by Crippen LogP contribution is 2.32. The predicted octanol–water partition coefficient (Wildman–Crippen LogP) is 2.43. The lowest BCUT2D eigenvalue weighted by atomic mass is 10.1. The summed E-state index contributed by atoms with van der Waals surface area (Å²) in [5, 5.41) is 8.40. The fourth-order valence-corrected chi connectivity index (χ4v) is 1.33. The number of anilines is 1. The molecule has 0 saturated carbocycles. The topological polar surface area (TPSA) is 62.7 Å². The Labute approximate surface area is 87.7 Å². The maximum Gasteiger partial charge on any atom is 0.267 e. The van der Waals surface area contributed by atoms with Crippen LogP contribution < -0.4 is 5.73 Å². The summed E-state index contributed by atoms with van der Waals surface area (Å²) in [6.45, 7) is 0. The van der Waals surface area contributed by atoms with Crippen molar-refractivity contribution in [2.75, 3.05) is 5.73 Å². The van der Waals surface area contributed by atoms with Gasteiger partial charge in [-0.3, -0.25) is 4.98 Å². The first-order chi connectivity index (χ1) is 6.57. The molecule has 1 aromatic rings. The number of hydrogen-bond acceptors (Lipinski definition) is 3. The molecule has 3 nitrogen and oxygen atoms in total. The van der Waals surface area contributed by atoms with E-state index >= 15 is 0 Å². The van der Waals surface area contributed by atoms with Crippen LogP contribution in [0.15, 0.2) is 10.7 Å². The Balaban J connectivity index is 3.31. The van der Waals surface area contributed by atoms with E-state index in [-0.39, 0.29) is 23.4 Å². The van der Waals surface area contributed by atoms with Crippen LogP contribution in [-0.4, -0.2) is 4.98 Å². The van der Waals surface area contributed by atoms with Gasteiger partial charge in [0.05, 0.1) is 33.9 Å². The molecule has 0 aliphatic rings. The van der Waals surface area contributed by atoms with Crippen LogP contribution >= 0.6 is 15.9 Å². The van der Waals surface area contributed by atoms with E-state index < -0.39 is 6.43 Å². The number of halogens is 3. The van der Waals surface area contributed by atoms with E-state index in [9.17, 15) is 8.78 Å². The summed E-state index contributed by atoms with van der Waals surface area (Å²) >= 11 is 3.00. The van der Waals surface area contributed by atoms with Crippen LogP contribution in [0.3, 0.4) is 0 Å². The summed E-state index contributed by atoms with van der Waals surface area (Å²) in [5.41, 5.74) is 5.05. The Hall–Kier alpha value is -1.22. The van der Waals surface area contributed by atoms with Crippen LogP contribution in [0.5, 0.6) is 0 Å². The van der Waals surface area contributed by atoms with Crippen LogP contribution in [-0.2, 0) is 6.42 Å². The number of aromatic nitrogens is 1. The van der Waals surface area contributed by atoms with Gasteiger partial charge in [-0.25, -0.2) is 8.78 Å². The van der Waals surface area contributed by atoms with E-state index in [1.807, 2.05) is 0 Å². The summed E-state index contributed by atoms with van der Waals surface area (Å²) in [6.07, 6.45) is -1.58. The third kappa shape index (κ3) is 1.99. The Morgan fingerprint density at radius 2 is 2.29 bits per heavy atom. The van der Waals surface area contributed by atoms with Crippen molar-refractivity contribution < 1.29 is 8.78 Å². The van der Waals surface area contributed by atoms with Crippen LogP contribution in [0.1, 0.15) is 17.7 Å². The molecule has 0 bridgehead atoms. The second-order valence-corrected chi connectivity index (χ2v) is 3.37. The highest BCUT2D eigenvalue weighted by atomic mass is 79.9. The first-order valence-electron chi connectivity index (χ1n) is 3.65. The molecule has 74 valence electrons. The summed E-state index contributed by atoms with van der Waals surface area (Å²) in [4.78, 5) is 3.72. The molecule has 1 aromatic heterocycles. The van der Waals surface area contributed by atoms with Gasteiger partial charge >= 0.3 is 0 Å². The Bertz CT molecular complexity index is 387. The maximum atomic E-state index is 12.5. The smallest absolute Gasteiger partial charge is 0.267 e. The molecule has 0 aliphatic carbocycles. The second-order valence-electron chi connectivity index (χ2n) is 2.52. The maximum absolute atomic E-state index is 12.5. The van der Waals surface area contributed by atoms with Gasteiger partial charge in [0.1, 0.15) is 0 Å². The fraction of sp³-hybridized carbons (Fsp3) is 0.250. The lowest BCUT2D eigenvalue weighted by molar-refractivity contribution is 0.150. The second kappa shape index (κ2) is 4.33. The Kier molecular flexibility index (Phi) is 3.36. The minimum absolute atomic E-state index is 0.0307. The Morgan fingerprint density at radius 1 is 1.64 bits per heavy atom. The molecule has 2 N–H and O–H groups in total. The number of nitrogens with zero attached hydrogens (tertiary/aromatic N) is 2. The van der Waals surface area contributed by atoms with Crippen molar-refractivity contribution in [3.63, 3.8) is 0 Å². The number of hydrogen-bond donors (Lipinski definition) is 1. The lowest BCUT2D eigenvalue weighted by Gasteiger charge is -2.09. The van der Waals surface area contributed by atoms with Gasteiger partial charge < -0.3 is 5.73 Å². The number of pyridine rings is 1. The number of nitrogen functional groups attached to an aromatic ring is 1. The first kappa shape index (κ1) is 10.9. The molecule has 1 heterocycles. The minimum Gasteiger partial charge on any atom is -0.397 e. The third-order valence-electron chi connectivity index (χ3n) is 1.66. The highest BCUT2D eigenvalue weighted by Gasteiger charge is 2.19. The minimum atomic E-state index is -2.72. The quantitative estimate of drug-likeness (QED) is 0.890. The van der Waals surface area contributed by atoms with Crippen molar-refractivity contribution >= 4 is 21.6 Å². The number of alkyl halides is 2. The van der Waals surface area contributed by atoms with Gasteiger partial charge in [-0.1, -0.05) is 0 Å². The molecular weight excluding hydrogens is 256 g/mol. The summed E-state index contributed by atoms with van der Waals surface area (Å²) in [6, 6.07) is 1.76. The average molecular weight is 262 g/mol. The van der Waals surface area contributed by atoms with Crippen molar-refractivity contribution in [1.29, 1.82) is 5.26 Å². The molecule has 0 amide bonds. The molecule has 0 fully saturated rings. The van der Waals surface area contributed by atoms with E-state index in [1.54, 1.807) is 6.07 Å². The molecule has 0 aromatic carbocycles. The van der Waals surface area contributed by atoms with Gasteiger partial charge in [-0.05, 0) is 15.9 Å². The largest absolute Gasteiger partial charge is 0.397 e. The molecule has 0 radical (unpaired) electrons. The molecule has 0 spiro atoms. The number of rotatable bonds is 2. The molecule has 0 atom stereocenters. The van der Waals surface area contributed by atoms with Crippen molar-refractivity contribution in [3.05, 3.63) is 21.9 Å². The van der Waals surface area contributed by atoms with E-state index in [4.69, 9.17) is 11.0 Å². The van der Waals surface area contributed by atoms with Crippen molar-refractivity contribution in [2.45, 2.75) is 12.8 Å². The van der Waals surface area contributed by atoms with Gasteiger partial charge in [-0.2, -0.15) is 5.26 Å². The number of nitrogens with two attached hydrogens (primary N) is 1. The summed E-state index contributed by atoms with van der Waals surface area (Å²) in [7, 11) is 0. The third-order valence-corrected chi connectivity index (χ3v) is 2.29. The van der Waals surface area contributed by atoms with Gasteiger partial charge in [-0.15, -0.1) is 0 Å². The van der Waals surface area contributed by atoms with Gasteiger partial charge in [0.25, 0.3) is 6.43 Å². The Morgan fingerprint density at radius 3 is 2.79 bits per heavy atom. The van der Waals surface area contributed by atoms with E-state index in [2.05, 4.69) is 20.9 Å². The van der Waals surface area contributed by atoms with Crippen molar-refractivity contribution in [1.82, 2.24) is 4.98 Å². The van der Waals surface area contributed by atoms with Gasteiger partial charge in [0.2, 0.25) is 0 Å². The SMILES string of the molecule is N#CCc1ncc(Br)c(N)c1C(F)F. The van der Waals surface area contributed by atoms with Crippen molar-refractivity contribution in [2.24, 2.45) is 0 Å². The summed E-state index contributed by atoms with van der Waals surface area (Å²) < 4.78 is 25.4. The van der Waals surface area contributed by atoms with Crippen LogP contribution in [0.4, 0.5) is 14.5 Å². The average Bonchev–Trinajstić information content (AvgIpc) is 2.11. The highest BCUT2D eigenvalue weighted by molar-refractivity contribution is 9.10. The molecule has 14 heavy (non-hydrogen) atoms. The fourth-order valence-electron chi connectivity index (χ4n) is 1.02. The first-order valence-corrected chi connectivity index (χ1v) is 4.45. The molecule has 6 heteroatoms. The predicted molar refractivity (Wildman–Crippen MR) is 50.6 cm³/mol. The molecule has 0 saturated heterocycles. The zero-order chi connectivity index (χ0) is 10.7. The molecular formula is C8H6BrF2N3. The van der Waals surface area contributed by atoms with Gasteiger partial charge in [0.15, 0.2) is 0 Å². The van der Waals surface area contributed by atoms with Crippen molar-refractivity contribution in [3.8, 4) is 6.07 Å². The van der Waals surface area contributed by atoms with Crippen LogP contribution in [0, 0.1) is 11.3 Å². The standard InChI is InChI=1S/C8H6BrF2N3/c9-4-3-14-5(1-2-12)6(7(4)13)8(10)11/h3,8H,1H2,(H2,13,14). The van der Waals surface area contributed by atoms with E-state index in [0.717, 1.165) is 0 Å². The zero-order valence-electron chi connectivity index (χ0n) is 6.97. The van der Waals surface area contributed by atoms with Crippen LogP contribution in [0.2, 0.25) is 0 Å². The van der Waals surface area contributed by atoms with Crippen LogP contribution in [0.25, 0.3) is 0 Å². The molecule has 1 rings (SSSR count). The summed E-state index contributed by atoms with van der Waals surface area (Å²) in [5.74, 6) is 0. The molecule has 0 aliphatic heterocycles. The van der Waals surface area contributed by atoms with E-state index in [1.165, 1.54) is 6.20 Å². The zero-order valence-corrected chi connectivity index (χ0v) is 8.55. The lowest BCUT2D eigenvalue weighted by Crippen LogP contribution is -2.04. The van der Waals surface area contributed by atoms with E-state index in [0.29, 0.717) is 4.47 Å². The normalized spacial score (nSPS) is 10.2. The monoisotopic (exact) mass is 261 g/mol.